The molecule has 0 aliphatic carbocycles. The second kappa shape index (κ2) is 9.03. The number of benzene rings is 2. The summed E-state index contributed by atoms with van der Waals surface area (Å²) < 4.78 is 45.0. The molecule has 0 saturated carbocycles. The number of nitrogens with zero attached hydrogens (tertiary/aromatic N) is 3. The average molecular weight is 512 g/mol. The van der Waals surface area contributed by atoms with Crippen LogP contribution in [0.1, 0.15) is 27.2 Å². The molecular formula is C27H30FN3O4S. The fraction of sp³-hybridized carbons (Fsp3) is 0.407. The van der Waals surface area contributed by atoms with E-state index in [-0.39, 0.29) is 15.9 Å². The number of rotatable bonds is 3. The smallest absolute Gasteiger partial charge is 0.410 e. The van der Waals surface area contributed by atoms with Gasteiger partial charge in [0.2, 0.25) is 9.84 Å². The number of likely N-dealkylation sites (tertiary alicyclic amines) is 1. The molecule has 9 heteroatoms. The minimum absolute atomic E-state index is 0.0272. The standard InChI is InChI=1S/C27H30FN3O4S/c1-27(2,3)35-26(32)30-12-11-19-15-31(17-20(19)16-30)24-6-4-5-18-13-23(14-29-25(18)24)36(33,34)22-9-7-21(28)8-10-22/h4-10,13-14,19-20H,11-12,15-17H2,1-3H3. The Morgan fingerprint density at radius 2 is 1.75 bits per heavy atom. The van der Waals surface area contributed by atoms with Crippen LogP contribution in [0, 0.1) is 17.7 Å². The molecule has 1 aromatic heterocycles. The van der Waals surface area contributed by atoms with E-state index in [9.17, 15) is 17.6 Å². The molecule has 190 valence electrons. The van der Waals surface area contributed by atoms with E-state index in [1.165, 1.54) is 18.3 Å². The molecular weight excluding hydrogens is 481 g/mol. The largest absolute Gasteiger partial charge is 0.444 e. The fourth-order valence-corrected chi connectivity index (χ4v) is 6.37. The zero-order chi connectivity index (χ0) is 25.7. The summed E-state index contributed by atoms with van der Waals surface area (Å²) in [6, 6.07) is 12.2. The molecule has 2 unspecified atom stereocenters. The Labute approximate surface area is 210 Å². The number of ether oxygens (including phenoxy) is 1. The second-order valence-corrected chi connectivity index (χ2v) is 12.6. The number of fused-ring (bicyclic) bond motifs is 2. The quantitative estimate of drug-likeness (QED) is 0.466. The lowest BCUT2D eigenvalue weighted by molar-refractivity contribution is 0.0140. The van der Waals surface area contributed by atoms with Crippen molar-refractivity contribution in [2.75, 3.05) is 31.1 Å². The van der Waals surface area contributed by atoms with Gasteiger partial charge in [0.15, 0.2) is 0 Å². The lowest BCUT2D eigenvalue weighted by Gasteiger charge is -2.35. The van der Waals surface area contributed by atoms with Crippen LogP contribution in [-0.2, 0) is 14.6 Å². The van der Waals surface area contributed by atoms with Crippen molar-refractivity contribution in [1.29, 1.82) is 0 Å². The molecule has 2 atom stereocenters. The van der Waals surface area contributed by atoms with Crippen LogP contribution in [0.3, 0.4) is 0 Å². The Bertz CT molecular complexity index is 1400. The van der Waals surface area contributed by atoms with E-state index in [0.717, 1.165) is 48.2 Å². The topological polar surface area (TPSA) is 79.8 Å². The number of aromatic nitrogens is 1. The van der Waals surface area contributed by atoms with Crippen molar-refractivity contribution in [3.8, 4) is 0 Å². The molecule has 36 heavy (non-hydrogen) atoms. The summed E-state index contributed by atoms with van der Waals surface area (Å²) >= 11 is 0. The highest BCUT2D eigenvalue weighted by atomic mass is 32.2. The van der Waals surface area contributed by atoms with Gasteiger partial charge in [-0.05, 0) is 75.4 Å². The van der Waals surface area contributed by atoms with Gasteiger partial charge in [-0.3, -0.25) is 4.98 Å². The number of para-hydroxylation sites is 1. The summed E-state index contributed by atoms with van der Waals surface area (Å²) in [5.41, 5.74) is 1.17. The van der Waals surface area contributed by atoms with Crippen LogP contribution >= 0.6 is 0 Å². The van der Waals surface area contributed by atoms with Gasteiger partial charge in [-0.2, -0.15) is 0 Å². The summed E-state index contributed by atoms with van der Waals surface area (Å²) in [5.74, 6) is 0.312. The number of sulfone groups is 1. The lowest BCUT2D eigenvalue weighted by Crippen LogP contribution is -2.45. The van der Waals surface area contributed by atoms with Crippen LogP contribution in [0.2, 0.25) is 0 Å². The predicted molar refractivity (Wildman–Crippen MR) is 135 cm³/mol. The highest BCUT2D eigenvalue weighted by Gasteiger charge is 2.40. The molecule has 0 bridgehead atoms. The normalized spacial score (nSPS) is 20.4. The highest BCUT2D eigenvalue weighted by molar-refractivity contribution is 7.91. The number of anilines is 1. The van der Waals surface area contributed by atoms with Crippen molar-refractivity contribution in [1.82, 2.24) is 9.88 Å². The molecule has 2 saturated heterocycles. The third-order valence-electron chi connectivity index (χ3n) is 6.89. The fourth-order valence-electron chi connectivity index (χ4n) is 5.13. The van der Waals surface area contributed by atoms with Crippen molar-refractivity contribution in [3.05, 3.63) is 60.5 Å². The summed E-state index contributed by atoms with van der Waals surface area (Å²) in [5, 5.41) is 0.723. The number of amides is 1. The van der Waals surface area contributed by atoms with Crippen LogP contribution in [0.15, 0.2) is 64.5 Å². The Hall–Kier alpha value is -3.20. The summed E-state index contributed by atoms with van der Waals surface area (Å²) in [4.78, 5) is 21.3. The van der Waals surface area contributed by atoms with Crippen LogP contribution < -0.4 is 4.90 Å². The molecule has 0 spiro atoms. The molecule has 7 nitrogen and oxygen atoms in total. The van der Waals surface area contributed by atoms with E-state index in [0.29, 0.717) is 24.9 Å². The average Bonchev–Trinajstić information content (AvgIpc) is 3.26. The van der Waals surface area contributed by atoms with Crippen molar-refractivity contribution < 1.29 is 22.3 Å². The third-order valence-corrected chi connectivity index (χ3v) is 8.63. The molecule has 3 aromatic rings. The first-order chi connectivity index (χ1) is 17.0. The van der Waals surface area contributed by atoms with E-state index in [1.807, 2.05) is 43.9 Å². The Kier molecular flexibility index (Phi) is 6.14. The molecule has 2 aliphatic rings. The third kappa shape index (κ3) is 4.76. The van der Waals surface area contributed by atoms with Crippen LogP contribution in [-0.4, -0.2) is 56.2 Å². The van der Waals surface area contributed by atoms with E-state index in [4.69, 9.17) is 4.74 Å². The maximum absolute atomic E-state index is 13.3. The molecule has 5 rings (SSSR count). The van der Waals surface area contributed by atoms with E-state index >= 15 is 0 Å². The summed E-state index contributed by atoms with van der Waals surface area (Å²) in [6.45, 7) is 8.62. The molecule has 2 fully saturated rings. The van der Waals surface area contributed by atoms with Gasteiger partial charge >= 0.3 is 6.09 Å². The van der Waals surface area contributed by atoms with Crippen molar-refractivity contribution in [2.45, 2.75) is 42.6 Å². The molecule has 1 amide bonds. The second-order valence-electron chi connectivity index (χ2n) is 10.6. The van der Waals surface area contributed by atoms with Crippen molar-refractivity contribution >= 4 is 32.5 Å². The first-order valence-corrected chi connectivity index (χ1v) is 13.6. The number of hydrogen-bond donors (Lipinski definition) is 0. The first-order valence-electron chi connectivity index (χ1n) is 12.1. The molecule has 0 N–H and O–H groups in total. The Morgan fingerprint density at radius 3 is 2.47 bits per heavy atom. The van der Waals surface area contributed by atoms with Gasteiger partial charge in [-0.15, -0.1) is 0 Å². The monoisotopic (exact) mass is 511 g/mol. The molecule has 0 radical (unpaired) electrons. The summed E-state index contributed by atoms with van der Waals surface area (Å²) in [6.07, 6.45) is 2.03. The number of carbonyl (C=O) groups is 1. The predicted octanol–water partition coefficient (Wildman–Crippen LogP) is 4.90. The zero-order valence-corrected chi connectivity index (χ0v) is 21.5. The van der Waals surface area contributed by atoms with E-state index < -0.39 is 21.3 Å². The molecule has 2 aliphatic heterocycles. The van der Waals surface area contributed by atoms with Crippen molar-refractivity contribution in [3.63, 3.8) is 0 Å². The number of hydrogen-bond acceptors (Lipinski definition) is 6. The minimum Gasteiger partial charge on any atom is -0.444 e. The van der Waals surface area contributed by atoms with Gasteiger partial charge in [-0.25, -0.2) is 17.6 Å². The first kappa shape index (κ1) is 24.5. The number of pyridine rings is 1. The number of halogens is 1. The van der Waals surface area contributed by atoms with Gasteiger partial charge in [-0.1, -0.05) is 12.1 Å². The van der Waals surface area contributed by atoms with Crippen LogP contribution in [0.4, 0.5) is 14.9 Å². The SMILES string of the molecule is CC(C)(C)OC(=O)N1CCC2CN(c3cccc4cc(S(=O)(=O)c5ccc(F)cc5)cnc34)CC2C1. The number of carbonyl (C=O) groups excluding carboxylic acids is 1. The van der Waals surface area contributed by atoms with Gasteiger partial charge in [0.25, 0.3) is 0 Å². The Balaban J connectivity index is 1.37. The van der Waals surface area contributed by atoms with Gasteiger partial charge in [0.1, 0.15) is 11.4 Å². The minimum atomic E-state index is -3.82. The van der Waals surface area contributed by atoms with E-state index in [1.54, 1.807) is 6.07 Å². The van der Waals surface area contributed by atoms with Gasteiger partial charge in [0.05, 0.1) is 21.0 Å². The van der Waals surface area contributed by atoms with Crippen molar-refractivity contribution in [2.24, 2.45) is 11.8 Å². The molecule has 3 heterocycles. The number of piperidine rings is 1. The maximum Gasteiger partial charge on any atom is 0.410 e. The van der Waals surface area contributed by atoms with Crippen LogP contribution in [0.5, 0.6) is 0 Å². The van der Waals surface area contributed by atoms with Gasteiger partial charge in [0, 0.05) is 37.8 Å². The molecule has 2 aromatic carbocycles. The summed E-state index contributed by atoms with van der Waals surface area (Å²) in [7, 11) is -3.82. The lowest BCUT2D eigenvalue weighted by atomic mass is 9.89. The zero-order valence-electron chi connectivity index (χ0n) is 20.6. The highest BCUT2D eigenvalue weighted by Crippen LogP contribution is 2.37. The Morgan fingerprint density at radius 1 is 1.03 bits per heavy atom. The van der Waals surface area contributed by atoms with E-state index in [2.05, 4.69) is 9.88 Å². The maximum atomic E-state index is 13.3. The van der Waals surface area contributed by atoms with Crippen LogP contribution in [0.25, 0.3) is 10.9 Å². The van der Waals surface area contributed by atoms with Gasteiger partial charge < -0.3 is 14.5 Å².